The number of hydrogen-bond acceptors (Lipinski definition) is 4. The molecule has 2 rings (SSSR count). The third kappa shape index (κ3) is 2.59. The first-order valence-corrected chi connectivity index (χ1v) is 6.04. The van der Waals surface area contributed by atoms with E-state index in [-0.39, 0.29) is 11.8 Å². The van der Waals surface area contributed by atoms with Crippen LogP contribution < -0.4 is 5.32 Å². The van der Waals surface area contributed by atoms with Gasteiger partial charge in [0.25, 0.3) is 0 Å². The second-order valence-corrected chi connectivity index (χ2v) is 4.53. The number of carboxylic acid groups (broad SMARTS) is 1. The molecule has 0 aromatic carbocycles. The SMILES string of the molecule is N#Cc1ncccc1NCC1CCCC1C(=O)O. The van der Waals surface area contributed by atoms with Gasteiger partial charge in [-0.3, -0.25) is 4.79 Å². The first-order valence-electron chi connectivity index (χ1n) is 6.04. The highest BCUT2D eigenvalue weighted by Gasteiger charge is 2.32. The summed E-state index contributed by atoms with van der Waals surface area (Å²) >= 11 is 0. The van der Waals surface area contributed by atoms with Gasteiger partial charge in [-0.15, -0.1) is 0 Å². The molecule has 1 heterocycles. The van der Waals surface area contributed by atoms with Crippen LogP contribution >= 0.6 is 0 Å². The van der Waals surface area contributed by atoms with E-state index in [0.717, 1.165) is 19.3 Å². The van der Waals surface area contributed by atoms with E-state index in [1.54, 1.807) is 18.3 Å². The summed E-state index contributed by atoms with van der Waals surface area (Å²) in [6.45, 7) is 0.581. The van der Waals surface area contributed by atoms with Crippen molar-refractivity contribution in [3.63, 3.8) is 0 Å². The minimum Gasteiger partial charge on any atom is -0.481 e. The van der Waals surface area contributed by atoms with Crippen LogP contribution in [0.15, 0.2) is 18.3 Å². The summed E-state index contributed by atoms with van der Waals surface area (Å²) in [6, 6.07) is 5.56. The molecule has 1 aliphatic carbocycles. The van der Waals surface area contributed by atoms with E-state index in [0.29, 0.717) is 17.9 Å². The van der Waals surface area contributed by atoms with Gasteiger partial charge in [-0.25, -0.2) is 4.98 Å². The fraction of sp³-hybridized carbons (Fsp3) is 0.462. The standard InChI is InChI=1S/C13H15N3O2/c14-7-12-11(5-2-6-15-12)16-8-9-3-1-4-10(9)13(17)18/h2,5-6,9-10,16H,1,3-4,8H2,(H,17,18). The zero-order chi connectivity index (χ0) is 13.0. The highest BCUT2D eigenvalue weighted by molar-refractivity contribution is 5.70. The van der Waals surface area contributed by atoms with Crippen molar-refractivity contribution in [1.29, 1.82) is 5.26 Å². The van der Waals surface area contributed by atoms with Gasteiger partial charge in [0.05, 0.1) is 11.6 Å². The number of pyridine rings is 1. The van der Waals surface area contributed by atoms with Crippen LogP contribution in [-0.4, -0.2) is 22.6 Å². The average molecular weight is 245 g/mol. The highest BCUT2D eigenvalue weighted by Crippen LogP contribution is 2.32. The molecular formula is C13H15N3O2. The van der Waals surface area contributed by atoms with Gasteiger partial charge in [0.2, 0.25) is 0 Å². The molecule has 1 aliphatic rings. The molecule has 0 saturated heterocycles. The molecule has 0 aliphatic heterocycles. The van der Waals surface area contributed by atoms with Gasteiger partial charge in [0.1, 0.15) is 6.07 Å². The fourth-order valence-corrected chi connectivity index (χ4v) is 2.48. The van der Waals surface area contributed by atoms with E-state index in [1.165, 1.54) is 0 Å². The highest BCUT2D eigenvalue weighted by atomic mass is 16.4. The Morgan fingerprint density at radius 1 is 1.61 bits per heavy atom. The summed E-state index contributed by atoms with van der Waals surface area (Å²) < 4.78 is 0. The molecule has 0 radical (unpaired) electrons. The summed E-state index contributed by atoms with van der Waals surface area (Å²) in [7, 11) is 0. The smallest absolute Gasteiger partial charge is 0.306 e. The van der Waals surface area contributed by atoms with E-state index >= 15 is 0 Å². The molecular weight excluding hydrogens is 230 g/mol. The first-order chi connectivity index (χ1) is 8.72. The van der Waals surface area contributed by atoms with Gasteiger partial charge in [-0.1, -0.05) is 6.42 Å². The molecule has 1 aromatic heterocycles. The number of aliphatic carboxylic acids is 1. The van der Waals surface area contributed by atoms with Crippen LogP contribution in [-0.2, 0) is 4.79 Å². The third-order valence-corrected chi connectivity index (χ3v) is 3.44. The van der Waals surface area contributed by atoms with Crippen molar-refractivity contribution < 1.29 is 9.90 Å². The lowest BCUT2D eigenvalue weighted by molar-refractivity contribution is -0.142. The number of aromatic nitrogens is 1. The van der Waals surface area contributed by atoms with Crippen LogP contribution in [0.1, 0.15) is 25.0 Å². The number of nitriles is 1. The van der Waals surface area contributed by atoms with Gasteiger partial charge in [-0.2, -0.15) is 5.26 Å². The normalized spacial score (nSPS) is 22.4. The van der Waals surface area contributed by atoms with Crippen molar-refractivity contribution in [2.24, 2.45) is 11.8 Å². The molecule has 1 aromatic rings. The van der Waals surface area contributed by atoms with Crippen molar-refractivity contribution in [1.82, 2.24) is 4.98 Å². The lowest BCUT2D eigenvalue weighted by atomic mass is 9.96. The van der Waals surface area contributed by atoms with Crippen LogP contribution in [0, 0.1) is 23.2 Å². The quantitative estimate of drug-likeness (QED) is 0.845. The van der Waals surface area contributed by atoms with Gasteiger partial charge >= 0.3 is 5.97 Å². The second kappa shape index (κ2) is 5.50. The molecule has 0 amide bonds. The maximum atomic E-state index is 11.1. The van der Waals surface area contributed by atoms with Crippen molar-refractivity contribution >= 4 is 11.7 Å². The maximum absolute atomic E-state index is 11.1. The fourth-order valence-electron chi connectivity index (χ4n) is 2.48. The third-order valence-electron chi connectivity index (χ3n) is 3.44. The van der Waals surface area contributed by atoms with E-state index in [2.05, 4.69) is 10.3 Å². The van der Waals surface area contributed by atoms with Crippen LogP contribution in [0.2, 0.25) is 0 Å². The molecule has 0 spiro atoms. The summed E-state index contributed by atoms with van der Waals surface area (Å²) in [5.41, 5.74) is 1.03. The minimum atomic E-state index is -0.717. The zero-order valence-corrected chi connectivity index (χ0v) is 9.97. The van der Waals surface area contributed by atoms with E-state index in [9.17, 15) is 4.79 Å². The first kappa shape index (κ1) is 12.4. The number of carbonyl (C=O) groups is 1. The Labute approximate surface area is 105 Å². The summed E-state index contributed by atoms with van der Waals surface area (Å²) in [5, 5.41) is 21.1. The Morgan fingerprint density at radius 2 is 2.44 bits per heavy atom. The number of anilines is 1. The average Bonchev–Trinajstić information content (AvgIpc) is 2.85. The Hall–Kier alpha value is -2.09. The van der Waals surface area contributed by atoms with Gasteiger partial charge < -0.3 is 10.4 Å². The van der Waals surface area contributed by atoms with Crippen molar-refractivity contribution in [2.45, 2.75) is 19.3 Å². The Kier molecular flexibility index (Phi) is 3.78. The lowest BCUT2D eigenvalue weighted by Crippen LogP contribution is -2.24. The van der Waals surface area contributed by atoms with E-state index in [4.69, 9.17) is 10.4 Å². The predicted molar refractivity (Wildman–Crippen MR) is 65.9 cm³/mol. The predicted octanol–water partition coefficient (Wildman–Crippen LogP) is 1.87. The summed E-state index contributed by atoms with van der Waals surface area (Å²) in [4.78, 5) is 15.0. The number of nitrogens with zero attached hydrogens (tertiary/aromatic N) is 2. The summed E-state index contributed by atoms with van der Waals surface area (Å²) in [5.74, 6) is -0.847. The number of carboxylic acids is 1. The van der Waals surface area contributed by atoms with E-state index in [1.807, 2.05) is 6.07 Å². The monoisotopic (exact) mass is 245 g/mol. The Balaban J connectivity index is 1.99. The van der Waals surface area contributed by atoms with Crippen molar-refractivity contribution in [2.75, 3.05) is 11.9 Å². The molecule has 2 N–H and O–H groups in total. The number of hydrogen-bond donors (Lipinski definition) is 2. The topological polar surface area (TPSA) is 86.0 Å². The minimum absolute atomic E-state index is 0.134. The second-order valence-electron chi connectivity index (χ2n) is 4.53. The van der Waals surface area contributed by atoms with E-state index < -0.39 is 5.97 Å². The molecule has 1 saturated carbocycles. The van der Waals surface area contributed by atoms with Crippen LogP contribution in [0.3, 0.4) is 0 Å². The number of nitrogens with one attached hydrogen (secondary N) is 1. The molecule has 5 heteroatoms. The Morgan fingerprint density at radius 3 is 3.17 bits per heavy atom. The molecule has 2 atom stereocenters. The van der Waals surface area contributed by atoms with Gasteiger partial charge in [0.15, 0.2) is 5.69 Å². The van der Waals surface area contributed by atoms with Crippen LogP contribution in [0.25, 0.3) is 0 Å². The van der Waals surface area contributed by atoms with Crippen molar-refractivity contribution in [3.05, 3.63) is 24.0 Å². The van der Waals surface area contributed by atoms with Crippen LogP contribution in [0.5, 0.6) is 0 Å². The van der Waals surface area contributed by atoms with Gasteiger partial charge in [0, 0.05) is 12.7 Å². The Bertz CT molecular complexity index is 481. The summed E-state index contributed by atoms with van der Waals surface area (Å²) in [6.07, 6.45) is 4.20. The lowest BCUT2D eigenvalue weighted by Gasteiger charge is -2.17. The van der Waals surface area contributed by atoms with Crippen LogP contribution in [0.4, 0.5) is 5.69 Å². The maximum Gasteiger partial charge on any atom is 0.306 e. The molecule has 0 bridgehead atoms. The van der Waals surface area contributed by atoms with Crippen molar-refractivity contribution in [3.8, 4) is 6.07 Å². The molecule has 18 heavy (non-hydrogen) atoms. The van der Waals surface area contributed by atoms with Gasteiger partial charge in [-0.05, 0) is 30.9 Å². The number of rotatable bonds is 4. The molecule has 2 unspecified atom stereocenters. The molecule has 94 valence electrons. The molecule has 5 nitrogen and oxygen atoms in total. The zero-order valence-electron chi connectivity index (χ0n) is 9.97. The largest absolute Gasteiger partial charge is 0.481 e. The molecule has 1 fully saturated rings.